The number of aromatic nitrogens is 1. The van der Waals surface area contributed by atoms with Crippen molar-refractivity contribution in [3.05, 3.63) is 23.0 Å². The van der Waals surface area contributed by atoms with Gasteiger partial charge in [-0.25, -0.2) is 0 Å². The van der Waals surface area contributed by atoms with Crippen LogP contribution < -0.4 is 11.1 Å². The van der Waals surface area contributed by atoms with E-state index in [4.69, 9.17) is 5.73 Å². The standard InChI is InChI=1S/C15H25N3O/c1-9(2)18-10(3)7-13(11(18)4)15(19)17-14(8-16)12-5-6-12/h7,9,12,14H,5-6,8,16H2,1-4H3,(H,17,19). The van der Waals surface area contributed by atoms with E-state index in [-0.39, 0.29) is 11.9 Å². The summed E-state index contributed by atoms with van der Waals surface area (Å²) < 4.78 is 2.20. The minimum Gasteiger partial charge on any atom is -0.348 e. The Morgan fingerprint density at radius 3 is 2.53 bits per heavy atom. The second-order valence-electron chi connectivity index (χ2n) is 5.90. The third-order valence-corrected chi connectivity index (χ3v) is 4.01. The smallest absolute Gasteiger partial charge is 0.253 e. The zero-order valence-corrected chi connectivity index (χ0v) is 12.4. The highest BCUT2D eigenvalue weighted by atomic mass is 16.1. The van der Waals surface area contributed by atoms with E-state index in [2.05, 4.69) is 23.7 Å². The van der Waals surface area contributed by atoms with Crippen LogP contribution in [0.3, 0.4) is 0 Å². The van der Waals surface area contributed by atoms with E-state index in [0.717, 1.165) is 17.0 Å². The monoisotopic (exact) mass is 263 g/mol. The number of hydrogen-bond acceptors (Lipinski definition) is 2. The van der Waals surface area contributed by atoms with Gasteiger partial charge < -0.3 is 15.6 Å². The Balaban J connectivity index is 2.17. The Labute approximate surface area is 115 Å². The molecule has 0 aromatic carbocycles. The van der Waals surface area contributed by atoms with Crippen LogP contribution in [0.1, 0.15) is 54.5 Å². The van der Waals surface area contributed by atoms with Crippen LogP contribution in [-0.2, 0) is 0 Å². The fourth-order valence-electron chi connectivity index (χ4n) is 2.92. The number of nitrogens with zero attached hydrogens (tertiary/aromatic N) is 1. The minimum atomic E-state index is 0.0161. The van der Waals surface area contributed by atoms with Crippen LogP contribution in [0.2, 0.25) is 0 Å². The first kappa shape index (κ1) is 14.1. The Morgan fingerprint density at radius 2 is 2.11 bits per heavy atom. The van der Waals surface area contributed by atoms with Crippen molar-refractivity contribution in [3.8, 4) is 0 Å². The van der Waals surface area contributed by atoms with Gasteiger partial charge in [0.15, 0.2) is 0 Å². The average molecular weight is 263 g/mol. The summed E-state index contributed by atoms with van der Waals surface area (Å²) in [7, 11) is 0. The van der Waals surface area contributed by atoms with Gasteiger partial charge in [0.05, 0.1) is 5.56 Å². The van der Waals surface area contributed by atoms with Crippen molar-refractivity contribution >= 4 is 5.91 Å². The first-order valence-electron chi connectivity index (χ1n) is 7.15. The molecule has 0 radical (unpaired) electrons. The van der Waals surface area contributed by atoms with Gasteiger partial charge in [-0.15, -0.1) is 0 Å². The first-order valence-corrected chi connectivity index (χ1v) is 7.15. The van der Waals surface area contributed by atoms with E-state index >= 15 is 0 Å². The van der Waals surface area contributed by atoms with Crippen LogP contribution in [0.5, 0.6) is 0 Å². The first-order chi connectivity index (χ1) is 8.95. The molecule has 3 N–H and O–H groups in total. The lowest BCUT2D eigenvalue weighted by atomic mass is 10.1. The molecule has 0 aliphatic heterocycles. The largest absolute Gasteiger partial charge is 0.348 e. The zero-order chi connectivity index (χ0) is 14.2. The van der Waals surface area contributed by atoms with E-state index in [9.17, 15) is 4.79 Å². The molecule has 4 heteroatoms. The van der Waals surface area contributed by atoms with Gasteiger partial charge in [-0.3, -0.25) is 4.79 Å². The van der Waals surface area contributed by atoms with Gasteiger partial charge in [-0.1, -0.05) is 0 Å². The van der Waals surface area contributed by atoms with Crippen molar-refractivity contribution in [1.29, 1.82) is 0 Å². The third-order valence-electron chi connectivity index (χ3n) is 4.01. The van der Waals surface area contributed by atoms with Gasteiger partial charge in [0, 0.05) is 30.0 Å². The summed E-state index contributed by atoms with van der Waals surface area (Å²) in [5, 5.41) is 3.09. The summed E-state index contributed by atoms with van der Waals surface area (Å²) in [6.07, 6.45) is 2.38. The highest BCUT2D eigenvalue weighted by Crippen LogP contribution is 2.32. The topological polar surface area (TPSA) is 60.1 Å². The number of hydrogen-bond donors (Lipinski definition) is 2. The van der Waals surface area contributed by atoms with Gasteiger partial charge >= 0.3 is 0 Å². The van der Waals surface area contributed by atoms with Crippen molar-refractivity contribution in [3.63, 3.8) is 0 Å². The van der Waals surface area contributed by atoms with E-state index in [0.29, 0.717) is 18.5 Å². The summed E-state index contributed by atoms with van der Waals surface area (Å²) in [5.74, 6) is 0.602. The summed E-state index contributed by atoms with van der Waals surface area (Å²) in [6.45, 7) is 8.85. The van der Waals surface area contributed by atoms with Crippen LogP contribution in [0.4, 0.5) is 0 Å². The van der Waals surface area contributed by atoms with Gasteiger partial charge in [0.2, 0.25) is 0 Å². The zero-order valence-electron chi connectivity index (χ0n) is 12.4. The molecule has 1 saturated carbocycles. The molecule has 1 amide bonds. The predicted molar refractivity (Wildman–Crippen MR) is 77.3 cm³/mol. The molecule has 0 spiro atoms. The average Bonchev–Trinajstić information content (AvgIpc) is 3.12. The number of carbonyl (C=O) groups excluding carboxylic acids is 1. The Morgan fingerprint density at radius 1 is 1.47 bits per heavy atom. The van der Waals surface area contributed by atoms with Crippen LogP contribution >= 0.6 is 0 Å². The number of carbonyl (C=O) groups is 1. The highest BCUT2D eigenvalue weighted by molar-refractivity contribution is 5.96. The molecule has 1 aromatic rings. The van der Waals surface area contributed by atoms with Gasteiger partial charge in [0.25, 0.3) is 5.91 Å². The lowest BCUT2D eigenvalue weighted by molar-refractivity contribution is 0.0932. The van der Waals surface area contributed by atoms with Crippen molar-refractivity contribution in [2.75, 3.05) is 6.54 Å². The molecule has 0 bridgehead atoms. The van der Waals surface area contributed by atoms with E-state index in [1.807, 2.05) is 19.9 Å². The van der Waals surface area contributed by atoms with Crippen molar-refractivity contribution in [2.45, 2.75) is 52.6 Å². The van der Waals surface area contributed by atoms with Crippen LogP contribution in [-0.4, -0.2) is 23.1 Å². The molecule has 2 rings (SSSR count). The molecule has 1 atom stereocenters. The molecule has 1 aliphatic carbocycles. The molecule has 4 nitrogen and oxygen atoms in total. The minimum absolute atomic E-state index is 0.0161. The Hall–Kier alpha value is -1.29. The molecule has 1 unspecified atom stereocenters. The lowest BCUT2D eigenvalue weighted by Crippen LogP contribution is -2.41. The van der Waals surface area contributed by atoms with Crippen LogP contribution in [0.25, 0.3) is 0 Å². The Bertz CT molecular complexity index is 472. The molecule has 1 fully saturated rings. The quantitative estimate of drug-likeness (QED) is 0.855. The molecular formula is C15H25N3O. The Kier molecular flexibility index (Phi) is 3.99. The molecule has 19 heavy (non-hydrogen) atoms. The maximum Gasteiger partial charge on any atom is 0.253 e. The molecule has 1 aromatic heterocycles. The number of aryl methyl sites for hydroxylation is 1. The molecule has 1 aliphatic rings. The second-order valence-corrected chi connectivity index (χ2v) is 5.90. The molecular weight excluding hydrogens is 238 g/mol. The number of rotatable bonds is 5. The maximum atomic E-state index is 12.4. The van der Waals surface area contributed by atoms with Crippen LogP contribution in [0, 0.1) is 19.8 Å². The third kappa shape index (κ3) is 2.84. The summed E-state index contributed by atoms with van der Waals surface area (Å²) in [4.78, 5) is 12.4. The summed E-state index contributed by atoms with van der Waals surface area (Å²) in [6, 6.07) is 2.48. The summed E-state index contributed by atoms with van der Waals surface area (Å²) in [5.41, 5.74) is 8.70. The molecule has 106 valence electrons. The van der Waals surface area contributed by atoms with Gasteiger partial charge in [-0.2, -0.15) is 0 Å². The fraction of sp³-hybridized carbons (Fsp3) is 0.667. The lowest BCUT2D eigenvalue weighted by Gasteiger charge is -2.17. The second kappa shape index (κ2) is 5.37. The summed E-state index contributed by atoms with van der Waals surface area (Å²) >= 11 is 0. The van der Waals surface area contributed by atoms with Crippen molar-refractivity contribution < 1.29 is 4.79 Å². The SMILES string of the molecule is Cc1cc(C(=O)NC(CN)C2CC2)c(C)n1C(C)C. The van der Waals surface area contributed by atoms with Crippen LogP contribution in [0.15, 0.2) is 6.07 Å². The highest BCUT2D eigenvalue weighted by Gasteiger charge is 2.32. The normalized spacial score (nSPS) is 16.7. The predicted octanol–water partition coefficient (Wildman–Crippen LogP) is 2.15. The number of nitrogens with one attached hydrogen (secondary N) is 1. The van der Waals surface area contributed by atoms with E-state index in [1.54, 1.807) is 0 Å². The van der Waals surface area contributed by atoms with E-state index in [1.165, 1.54) is 12.8 Å². The van der Waals surface area contributed by atoms with Gasteiger partial charge in [-0.05, 0) is 52.5 Å². The van der Waals surface area contributed by atoms with Crippen molar-refractivity contribution in [1.82, 2.24) is 9.88 Å². The van der Waals surface area contributed by atoms with Crippen molar-refractivity contribution in [2.24, 2.45) is 11.7 Å². The van der Waals surface area contributed by atoms with Gasteiger partial charge in [0.1, 0.15) is 0 Å². The maximum absolute atomic E-state index is 12.4. The molecule has 0 saturated heterocycles. The number of nitrogens with two attached hydrogens (primary N) is 1. The van der Waals surface area contributed by atoms with E-state index < -0.39 is 0 Å². The molecule has 1 heterocycles. The number of amides is 1. The fourth-order valence-corrected chi connectivity index (χ4v) is 2.92.